The highest BCUT2D eigenvalue weighted by Crippen LogP contribution is 2.43. The van der Waals surface area contributed by atoms with Gasteiger partial charge >= 0.3 is 12.1 Å². The van der Waals surface area contributed by atoms with Gasteiger partial charge in [-0.05, 0) is 42.1 Å². The van der Waals surface area contributed by atoms with Crippen LogP contribution in [0.4, 0.5) is 21.0 Å². The lowest BCUT2D eigenvalue weighted by Crippen LogP contribution is -2.55. The molecular formula is C25H19N5O3. The summed E-state index contributed by atoms with van der Waals surface area (Å²) >= 11 is 0. The summed E-state index contributed by atoms with van der Waals surface area (Å²) in [5.41, 5.74) is 1.66. The number of carbonyl (C=O) groups excluding carboxylic acids is 3. The van der Waals surface area contributed by atoms with E-state index in [0.717, 1.165) is 10.8 Å². The third-order valence-electron chi connectivity index (χ3n) is 6.80. The Kier molecular flexibility index (Phi) is 4.14. The van der Waals surface area contributed by atoms with Crippen LogP contribution in [0.5, 0.6) is 0 Å². The first-order valence-electron chi connectivity index (χ1n) is 10.8. The number of benzene rings is 3. The van der Waals surface area contributed by atoms with Gasteiger partial charge in [0.15, 0.2) is 0 Å². The minimum atomic E-state index is -0.679. The van der Waals surface area contributed by atoms with E-state index in [0.29, 0.717) is 29.9 Å². The van der Waals surface area contributed by atoms with Crippen molar-refractivity contribution in [2.45, 2.75) is 24.5 Å². The zero-order valence-corrected chi connectivity index (χ0v) is 17.5. The fourth-order valence-electron chi connectivity index (χ4n) is 5.34. The van der Waals surface area contributed by atoms with Gasteiger partial charge in [-0.3, -0.25) is 4.79 Å². The summed E-state index contributed by atoms with van der Waals surface area (Å²) in [5.74, 6) is -0.292. The predicted molar refractivity (Wildman–Crippen MR) is 122 cm³/mol. The number of piperazine rings is 1. The van der Waals surface area contributed by atoms with Crippen LogP contribution in [0.1, 0.15) is 12.0 Å². The molecule has 1 unspecified atom stereocenters. The first kappa shape index (κ1) is 19.3. The van der Waals surface area contributed by atoms with E-state index in [1.807, 2.05) is 42.5 Å². The van der Waals surface area contributed by atoms with E-state index in [4.69, 9.17) is 5.26 Å². The Morgan fingerprint density at radius 1 is 1.00 bits per heavy atom. The Balaban J connectivity index is 1.27. The normalized spacial score (nSPS) is 23.2. The maximum absolute atomic E-state index is 13.5. The van der Waals surface area contributed by atoms with E-state index in [9.17, 15) is 14.4 Å². The van der Waals surface area contributed by atoms with Gasteiger partial charge in [-0.25, -0.2) is 14.5 Å². The number of imide groups is 1. The molecule has 8 heteroatoms. The van der Waals surface area contributed by atoms with Crippen molar-refractivity contribution in [3.63, 3.8) is 0 Å². The molecule has 0 aliphatic carbocycles. The van der Waals surface area contributed by atoms with Crippen LogP contribution in [0.2, 0.25) is 0 Å². The topological polar surface area (TPSA) is 96.7 Å². The van der Waals surface area contributed by atoms with Crippen LogP contribution >= 0.6 is 0 Å². The summed E-state index contributed by atoms with van der Waals surface area (Å²) in [6.45, 7) is 0.381. The predicted octanol–water partition coefficient (Wildman–Crippen LogP) is 3.54. The second-order valence-corrected chi connectivity index (χ2v) is 8.54. The van der Waals surface area contributed by atoms with Gasteiger partial charge < -0.3 is 15.1 Å². The molecule has 3 aromatic rings. The molecule has 162 valence electrons. The second kappa shape index (κ2) is 7.07. The number of likely N-dealkylation sites (tertiary alicyclic amines) is 1. The van der Waals surface area contributed by atoms with Gasteiger partial charge in [0.05, 0.1) is 29.4 Å². The van der Waals surface area contributed by atoms with Crippen molar-refractivity contribution < 1.29 is 14.4 Å². The molecule has 0 saturated carbocycles. The molecule has 3 heterocycles. The van der Waals surface area contributed by atoms with E-state index >= 15 is 0 Å². The molecule has 2 bridgehead atoms. The number of hydrogen-bond donors (Lipinski definition) is 1. The Bertz CT molecular complexity index is 1360. The molecule has 5 amide bonds. The van der Waals surface area contributed by atoms with Crippen LogP contribution < -0.4 is 10.2 Å². The van der Waals surface area contributed by atoms with E-state index in [2.05, 4.69) is 5.32 Å². The number of nitrogens with zero attached hydrogens (tertiary/aromatic N) is 4. The van der Waals surface area contributed by atoms with Crippen LogP contribution in [0, 0.1) is 11.3 Å². The highest BCUT2D eigenvalue weighted by molar-refractivity contribution is 6.25. The van der Waals surface area contributed by atoms with Crippen molar-refractivity contribution >= 4 is 40.1 Å². The van der Waals surface area contributed by atoms with Gasteiger partial charge in [0.1, 0.15) is 6.04 Å². The van der Waals surface area contributed by atoms with Gasteiger partial charge in [-0.15, -0.1) is 0 Å². The molecule has 3 fully saturated rings. The third-order valence-corrected chi connectivity index (χ3v) is 6.80. The van der Waals surface area contributed by atoms with Crippen LogP contribution in [0.3, 0.4) is 0 Å². The SMILES string of the molecule is N#Cc1ccc(NC(=O)N2C[C@H]3CC2[C@@H]2C(=O)N(c4cccc5ccccc45)C(=O)N32)cc1. The maximum atomic E-state index is 13.5. The number of nitriles is 1. The molecule has 0 aromatic heterocycles. The van der Waals surface area contributed by atoms with Gasteiger partial charge in [-0.2, -0.15) is 5.26 Å². The zero-order chi connectivity index (χ0) is 22.7. The van der Waals surface area contributed by atoms with Gasteiger partial charge in [0.25, 0.3) is 5.91 Å². The number of rotatable bonds is 2. The number of fused-ring (bicyclic) bond motifs is 6. The maximum Gasteiger partial charge on any atom is 0.332 e. The van der Waals surface area contributed by atoms with Crippen LogP contribution in [0.25, 0.3) is 10.8 Å². The van der Waals surface area contributed by atoms with E-state index in [-0.39, 0.29) is 30.1 Å². The monoisotopic (exact) mass is 437 g/mol. The largest absolute Gasteiger partial charge is 0.332 e. The third kappa shape index (κ3) is 2.79. The molecule has 0 radical (unpaired) electrons. The van der Waals surface area contributed by atoms with Crippen LogP contribution in [0.15, 0.2) is 66.7 Å². The fourth-order valence-corrected chi connectivity index (χ4v) is 5.34. The molecule has 8 nitrogen and oxygen atoms in total. The highest BCUT2D eigenvalue weighted by Gasteiger charge is 2.63. The zero-order valence-electron chi connectivity index (χ0n) is 17.5. The first-order chi connectivity index (χ1) is 16.1. The van der Waals surface area contributed by atoms with Crippen molar-refractivity contribution in [3.05, 3.63) is 72.3 Å². The van der Waals surface area contributed by atoms with Gasteiger partial charge in [0, 0.05) is 17.6 Å². The lowest BCUT2D eigenvalue weighted by molar-refractivity contribution is -0.120. The Hall–Kier alpha value is -4.38. The molecule has 3 aromatic carbocycles. The summed E-state index contributed by atoms with van der Waals surface area (Å²) < 4.78 is 0. The summed E-state index contributed by atoms with van der Waals surface area (Å²) in [7, 11) is 0. The average Bonchev–Trinajstić information content (AvgIpc) is 3.51. The minimum absolute atomic E-state index is 0.192. The smallest absolute Gasteiger partial charge is 0.317 e. The minimum Gasteiger partial charge on any atom is -0.317 e. The lowest BCUT2D eigenvalue weighted by atomic mass is 10.1. The molecular weight excluding hydrogens is 418 g/mol. The molecule has 0 spiro atoms. The second-order valence-electron chi connectivity index (χ2n) is 8.54. The summed E-state index contributed by atoms with van der Waals surface area (Å²) in [6, 6.07) is 20.0. The van der Waals surface area contributed by atoms with Gasteiger partial charge in [0.2, 0.25) is 0 Å². The first-order valence-corrected chi connectivity index (χ1v) is 10.8. The lowest BCUT2D eigenvalue weighted by Gasteiger charge is -2.34. The van der Waals surface area contributed by atoms with Crippen molar-refractivity contribution in [1.82, 2.24) is 9.80 Å². The van der Waals surface area contributed by atoms with Crippen LogP contribution in [-0.2, 0) is 4.79 Å². The Labute approximate surface area is 189 Å². The van der Waals surface area contributed by atoms with E-state index in [1.54, 1.807) is 40.1 Å². The quantitative estimate of drug-likeness (QED) is 0.620. The summed E-state index contributed by atoms with van der Waals surface area (Å²) in [6.07, 6.45) is 0.590. The number of nitrogens with one attached hydrogen (secondary N) is 1. The molecule has 6 rings (SSSR count). The molecule has 3 aliphatic heterocycles. The van der Waals surface area contributed by atoms with Crippen molar-refractivity contribution in [2.24, 2.45) is 0 Å². The van der Waals surface area contributed by atoms with Crippen LogP contribution in [-0.4, -0.2) is 52.4 Å². The van der Waals surface area contributed by atoms with E-state index in [1.165, 1.54) is 4.90 Å². The number of hydrogen-bond acceptors (Lipinski definition) is 4. The highest BCUT2D eigenvalue weighted by atomic mass is 16.2. The number of amides is 5. The number of carbonyl (C=O) groups is 3. The Morgan fingerprint density at radius 3 is 2.55 bits per heavy atom. The molecule has 3 aliphatic rings. The molecule has 1 N–H and O–H groups in total. The van der Waals surface area contributed by atoms with Crippen molar-refractivity contribution in [1.29, 1.82) is 5.26 Å². The van der Waals surface area contributed by atoms with Gasteiger partial charge in [-0.1, -0.05) is 36.4 Å². The summed E-state index contributed by atoms with van der Waals surface area (Å²) in [4.78, 5) is 44.4. The number of urea groups is 2. The van der Waals surface area contributed by atoms with Crippen molar-refractivity contribution in [3.8, 4) is 6.07 Å². The fraction of sp³-hybridized carbons (Fsp3) is 0.200. The van der Waals surface area contributed by atoms with Crippen molar-refractivity contribution in [2.75, 3.05) is 16.8 Å². The number of anilines is 2. The standard InChI is InChI=1S/C25H19N5O3/c26-13-15-8-10-17(11-9-15)27-24(32)28-14-18-12-21(28)22-23(31)30(25(33)29(18)22)20-7-3-5-16-4-1-2-6-19(16)20/h1-11,18,21-22H,12,14H2,(H,27,32)/t18-,21?,22-/m1/s1. The summed E-state index contributed by atoms with van der Waals surface area (Å²) in [5, 5.41) is 13.6. The van der Waals surface area contributed by atoms with E-state index < -0.39 is 6.04 Å². The molecule has 3 saturated heterocycles. The molecule has 33 heavy (non-hydrogen) atoms. The average molecular weight is 437 g/mol. The Morgan fingerprint density at radius 2 is 1.76 bits per heavy atom. The molecule has 3 atom stereocenters.